The highest BCUT2D eigenvalue weighted by Gasteiger charge is 2.21. The Balaban J connectivity index is 1.69. The van der Waals surface area contributed by atoms with Crippen LogP contribution in [0.15, 0.2) is 30.3 Å². The van der Waals surface area contributed by atoms with E-state index < -0.39 is 0 Å². The third kappa shape index (κ3) is 6.29. The fourth-order valence-electron chi connectivity index (χ4n) is 2.70. The summed E-state index contributed by atoms with van der Waals surface area (Å²) in [7, 11) is 0. The van der Waals surface area contributed by atoms with Crippen LogP contribution in [0.5, 0.6) is 0 Å². The lowest BCUT2D eigenvalue weighted by molar-refractivity contribution is -0.124. The molecule has 2 atom stereocenters. The number of primary amides is 1. The van der Waals surface area contributed by atoms with Crippen molar-refractivity contribution in [3.05, 3.63) is 35.9 Å². The van der Waals surface area contributed by atoms with Gasteiger partial charge >= 0.3 is 0 Å². The van der Waals surface area contributed by atoms with Crippen LogP contribution in [-0.2, 0) is 20.9 Å². The smallest absolute Gasteiger partial charge is 0.220 e. The van der Waals surface area contributed by atoms with Gasteiger partial charge in [-0.25, -0.2) is 0 Å². The van der Waals surface area contributed by atoms with Crippen molar-refractivity contribution in [2.75, 3.05) is 26.2 Å². The molecule has 1 aliphatic heterocycles. The van der Waals surface area contributed by atoms with E-state index in [1.54, 1.807) is 6.92 Å². The van der Waals surface area contributed by atoms with E-state index in [-0.39, 0.29) is 23.8 Å². The number of nitrogens with zero attached hydrogens (tertiary/aromatic N) is 1. The molecule has 0 bridgehead atoms. The van der Waals surface area contributed by atoms with Gasteiger partial charge in [0.25, 0.3) is 0 Å². The van der Waals surface area contributed by atoms with Crippen LogP contribution in [0.4, 0.5) is 0 Å². The van der Waals surface area contributed by atoms with Crippen LogP contribution in [0.25, 0.3) is 0 Å². The number of nitrogens with one attached hydrogen (secondary N) is 1. The van der Waals surface area contributed by atoms with E-state index in [4.69, 9.17) is 10.5 Å². The van der Waals surface area contributed by atoms with Gasteiger partial charge in [-0.1, -0.05) is 37.3 Å². The third-order valence-corrected chi connectivity index (χ3v) is 4.29. The first-order valence-corrected chi connectivity index (χ1v) is 8.48. The van der Waals surface area contributed by atoms with E-state index >= 15 is 0 Å². The highest BCUT2D eigenvalue weighted by molar-refractivity contribution is 5.79. The summed E-state index contributed by atoms with van der Waals surface area (Å²) >= 11 is 0. The predicted molar refractivity (Wildman–Crippen MR) is 92.1 cm³/mol. The summed E-state index contributed by atoms with van der Waals surface area (Å²) in [5.41, 5.74) is 6.48. The maximum Gasteiger partial charge on any atom is 0.220 e. The van der Waals surface area contributed by atoms with Gasteiger partial charge in [0.2, 0.25) is 11.8 Å². The number of rotatable bonds is 8. The Morgan fingerprint density at radius 3 is 2.83 bits per heavy atom. The van der Waals surface area contributed by atoms with Crippen LogP contribution in [0.1, 0.15) is 25.3 Å². The highest BCUT2D eigenvalue weighted by atomic mass is 16.5. The van der Waals surface area contributed by atoms with Crippen molar-refractivity contribution < 1.29 is 14.3 Å². The molecule has 1 unspecified atom stereocenters. The van der Waals surface area contributed by atoms with Crippen molar-refractivity contribution in [3.8, 4) is 0 Å². The summed E-state index contributed by atoms with van der Waals surface area (Å²) in [4.78, 5) is 25.2. The van der Waals surface area contributed by atoms with Crippen molar-refractivity contribution in [1.29, 1.82) is 0 Å². The minimum absolute atomic E-state index is 0.0000221. The molecule has 2 rings (SSSR count). The number of carbonyl (C=O) groups excluding carboxylic acids is 2. The zero-order chi connectivity index (χ0) is 17.4. The molecular formula is C18H27N3O3. The standard InChI is InChI=1S/C18H27N3O3/c1-14(18(19)23)7-8-17(22)20-11-16-13-21(9-10-24-16)12-15-5-3-2-4-6-15/h2-6,14,16H,7-13H2,1H3,(H2,19,23)(H,20,22)/t14?,16-/m0/s1. The normalized spacial score (nSPS) is 19.6. The van der Waals surface area contributed by atoms with Gasteiger partial charge in [-0.15, -0.1) is 0 Å². The zero-order valence-corrected chi connectivity index (χ0v) is 14.2. The lowest BCUT2D eigenvalue weighted by atomic mass is 10.1. The van der Waals surface area contributed by atoms with E-state index in [0.29, 0.717) is 26.0 Å². The van der Waals surface area contributed by atoms with E-state index in [2.05, 4.69) is 22.3 Å². The van der Waals surface area contributed by atoms with Gasteiger partial charge in [0.15, 0.2) is 0 Å². The molecule has 1 aliphatic rings. The second-order valence-corrected chi connectivity index (χ2v) is 6.36. The fourth-order valence-corrected chi connectivity index (χ4v) is 2.70. The Hall–Kier alpha value is -1.92. The van der Waals surface area contributed by atoms with E-state index in [9.17, 15) is 9.59 Å². The summed E-state index contributed by atoms with van der Waals surface area (Å²) in [5.74, 6) is -0.704. The molecule has 1 aromatic carbocycles. The molecule has 0 radical (unpaired) electrons. The number of benzene rings is 1. The Labute approximate surface area is 143 Å². The number of hydrogen-bond acceptors (Lipinski definition) is 4. The largest absolute Gasteiger partial charge is 0.374 e. The van der Waals surface area contributed by atoms with Gasteiger partial charge < -0.3 is 15.8 Å². The van der Waals surface area contributed by atoms with E-state index in [1.165, 1.54) is 5.56 Å². The third-order valence-electron chi connectivity index (χ3n) is 4.29. The summed E-state index contributed by atoms with van der Waals surface area (Å²) in [6.07, 6.45) is 0.789. The minimum Gasteiger partial charge on any atom is -0.374 e. The lowest BCUT2D eigenvalue weighted by Gasteiger charge is -2.33. The summed E-state index contributed by atoms with van der Waals surface area (Å²) in [6, 6.07) is 10.3. The van der Waals surface area contributed by atoms with Gasteiger partial charge in [0.1, 0.15) is 0 Å². The Morgan fingerprint density at radius 1 is 1.38 bits per heavy atom. The molecule has 2 amide bonds. The second-order valence-electron chi connectivity index (χ2n) is 6.36. The number of carbonyl (C=O) groups is 2. The van der Waals surface area contributed by atoms with Crippen molar-refractivity contribution in [1.82, 2.24) is 10.2 Å². The van der Waals surface area contributed by atoms with E-state index in [0.717, 1.165) is 19.6 Å². The molecular weight excluding hydrogens is 306 g/mol. The quantitative estimate of drug-likeness (QED) is 0.740. The van der Waals surface area contributed by atoms with Crippen molar-refractivity contribution in [3.63, 3.8) is 0 Å². The summed E-state index contributed by atoms with van der Waals surface area (Å²) < 4.78 is 5.73. The van der Waals surface area contributed by atoms with Gasteiger partial charge in [-0.3, -0.25) is 14.5 Å². The van der Waals surface area contributed by atoms with Crippen LogP contribution in [-0.4, -0.2) is 49.1 Å². The first-order chi connectivity index (χ1) is 11.5. The first kappa shape index (κ1) is 18.4. The average Bonchev–Trinajstić information content (AvgIpc) is 2.59. The maximum absolute atomic E-state index is 11.9. The maximum atomic E-state index is 11.9. The monoisotopic (exact) mass is 333 g/mol. The van der Waals surface area contributed by atoms with Crippen LogP contribution in [0.2, 0.25) is 0 Å². The average molecular weight is 333 g/mol. The van der Waals surface area contributed by atoms with Crippen molar-refractivity contribution in [2.45, 2.75) is 32.4 Å². The molecule has 1 saturated heterocycles. The molecule has 0 spiro atoms. The summed E-state index contributed by atoms with van der Waals surface area (Å²) in [5, 5.41) is 2.89. The van der Waals surface area contributed by atoms with Crippen LogP contribution in [0.3, 0.4) is 0 Å². The minimum atomic E-state index is -0.366. The van der Waals surface area contributed by atoms with Crippen LogP contribution < -0.4 is 11.1 Å². The molecule has 6 heteroatoms. The van der Waals surface area contributed by atoms with Gasteiger partial charge in [-0.2, -0.15) is 0 Å². The molecule has 1 fully saturated rings. The number of ether oxygens (including phenoxy) is 1. The number of hydrogen-bond donors (Lipinski definition) is 2. The van der Waals surface area contributed by atoms with E-state index in [1.807, 2.05) is 18.2 Å². The lowest BCUT2D eigenvalue weighted by Crippen LogP contribution is -2.47. The number of amides is 2. The molecule has 24 heavy (non-hydrogen) atoms. The molecule has 1 heterocycles. The predicted octanol–water partition coefficient (Wildman–Crippen LogP) is 0.905. The van der Waals surface area contributed by atoms with Gasteiger partial charge in [0, 0.05) is 38.5 Å². The molecule has 0 aromatic heterocycles. The molecule has 6 nitrogen and oxygen atoms in total. The molecule has 0 aliphatic carbocycles. The topological polar surface area (TPSA) is 84.7 Å². The number of morpholine rings is 1. The molecule has 1 aromatic rings. The van der Waals surface area contributed by atoms with Crippen LogP contribution >= 0.6 is 0 Å². The van der Waals surface area contributed by atoms with Gasteiger partial charge in [0.05, 0.1) is 12.7 Å². The first-order valence-electron chi connectivity index (χ1n) is 8.48. The fraction of sp³-hybridized carbons (Fsp3) is 0.556. The number of nitrogens with two attached hydrogens (primary N) is 1. The van der Waals surface area contributed by atoms with Gasteiger partial charge in [-0.05, 0) is 12.0 Å². The zero-order valence-electron chi connectivity index (χ0n) is 14.2. The second kappa shape index (κ2) is 9.39. The Kier molecular flexibility index (Phi) is 7.21. The molecule has 3 N–H and O–H groups in total. The van der Waals surface area contributed by atoms with Crippen LogP contribution in [0, 0.1) is 5.92 Å². The van der Waals surface area contributed by atoms with Crippen molar-refractivity contribution in [2.24, 2.45) is 11.7 Å². The molecule has 0 saturated carbocycles. The SMILES string of the molecule is CC(CCC(=O)NC[C@H]1CN(Cc2ccccc2)CCO1)C(N)=O. The highest BCUT2D eigenvalue weighted by Crippen LogP contribution is 2.10. The summed E-state index contributed by atoms with van der Waals surface area (Å²) in [6.45, 7) is 5.50. The Bertz CT molecular complexity index is 536. The van der Waals surface area contributed by atoms with Crippen molar-refractivity contribution >= 4 is 11.8 Å². The molecule has 132 valence electrons. The Morgan fingerprint density at radius 2 is 2.12 bits per heavy atom.